The van der Waals surface area contributed by atoms with Crippen molar-refractivity contribution in [3.8, 4) is 0 Å². The van der Waals surface area contributed by atoms with Crippen LogP contribution in [0.3, 0.4) is 0 Å². The van der Waals surface area contributed by atoms with Crippen molar-refractivity contribution in [1.29, 1.82) is 0 Å². The fourth-order valence-corrected chi connectivity index (χ4v) is 2.42. The number of benzene rings is 1. The average Bonchev–Trinajstić information content (AvgIpc) is 2.37. The summed E-state index contributed by atoms with van der Waals surface area (Å²) in [5, 5.41) is 12.3. The molecule has 0 saturated carbocycles. The van der Waals surface area contributed by atoms with Crippen molar-refractivity contribution in [2.75, 3.05) is 19.6 Å². The van der Waals surface area contributed by atoms with Crippen LogP contribution in [0.15, 0.2) is 30.3 Å². The lowest BCUT2D eigenvalue weighted by Gasteiger charge is -2.32. The number of nitrogens with zero attached hydrogens (tertiary/aromatic N) is 1. The first-order valence-corrected chi connectivity index (χ1v) is 6.45. The molecule has 0 radical (unpaired) electrons. The van der Waals surface area contributed by atoms with Gasteiger partial charge in [-0.25, -0.2) is 0 Å². The van der Waals surface area contributed by atoms with Crippen LogP contribution in [0.1, 0.15) is 18.4 Å². The lowest BCUT2D eigenvalue weighted by atomic mass is 10.1. The minimum Gasteiger partial charge on any atom is -0.480 e. The van der Waals surface area contributed by atoms with E-state index in [1.54, 1.807) is 0 Å². The van der Waals surface area contributed by atoms with E-state index in [0.29, 0.717) is 6.04 Å². The van der Waals surface area contributed by atoms with Gasteiger partial charge in [0, 0.05) is 19.1 Å². The molecular formula is C14H20N2O2. The van der Waals surface area contributed by atoms with E-state index >= 15 is 0 Å². The highest BCUT2D eigenvalue weighted by Gasteiger charge is 2.20. The smallest absolute Gasteiger partial charge is 0.317 e. The van der Waals surface area contributed by atoms with E-state index in [1.165, 1.54) is 5.56 Å². The number of carboxylic acid groups (broad SMARTS) is 1. The Morgan fingerprint density at radius 1 is 1.39 bits per heavy atom. The molecule has 98 valence electrons. The van der Waals surface area contributed by atoms with E-state index in [0.717, 1.165) is 32.5 Å². The van der Waals surface area contributed by atoms with Crippen molar-refractivity contribution in [2.24, 2.45) is 0 Å². The first-order valence-electron chi connectivity index (χ1n) is 6.45. The third kappa shape index (κ3) is 4.13. The van der Waals surface area contributed by atoms with Crippen molar-refractivity contribution in [2.45, 2.75) is 25.4 Å². The standard InChI is InChI=1S/C14H20N2O2/c17-14(18)11-16-8-4-7-13(10-16)15-9-12-5-2-1-3-6-12/h1-3,5-6,13,15H,4,7-11H2,(H,17,18). The Labute approximate surface area is 108 Å². The molecule has 4 nitrogen and oxygen atoms in total. The lowest BCUT2D eigenvalue weighted by molar-refractivity contribution is -0.138. The maximum absolute atomic E-state index is 10.7. The molecule has 1 aliphatic rings. The van der Waals surface area contributed by atoms with Crippen LogP contribution in [-0.2, 0) is 11.3 Å². The number of piperidine rings is 1. The number of carboxylic acids is 1. The van der Waals surface area contributed by atoms with Crippen molar-refractivity contribution in [3.63, 3.8) is 0 Å². The fraction of sp³-hybridized carbons (Fsp3) is 0.500. The molecule has 1 aliphatic heterocycles. The Morgan fingerprint density at radius 2 is 2.17 bits per heavy atom. The van der Waals surface area contributed by atoms with E-state index in [1.807, 2.05) is 23.1 Å². The lowest BCUT2D eigenvalue weighted by Crippen LogP contribution is -2.46. The Kier molecular flexibility index (Phi) is 4.73. The number of rotatable bonds is 5. The normalized spacial score (nSPS) is 20.8. The van der Waals surface area contributed by atoms with Gasteiger partial charge in [-0.15, -0.1) is 0 Å². The van der Waals surface area contributed by atoms with Gasteiger partial charge in [0.25, 0.3) is 0 Å². The summed E-state index contributed by atoms with van der Waals surface area (Å²) in [5.41, 5.74) is 1.27. The molecule has 1 heterocycles. The predicted octanol–water partition coefficient (Wildman–Crippen LogP) is 1.33. The number of hydrogen-bond acceptors (Lipinski definition) is 3. The van der Waals surface area contributed by atoms with E-state index in [2.05, 4.69) is 17.4 Å². The van der Waals surface area contributed by atoms with Crippen molar-refractivity contribution in [1.82, 2.24) is 10.2 Å². The Bertz CT molecular complexity index is 381. The number of hydrogen-bond donors (Lipinski definition) is 2. The summed E-state index contributed by atoms with van der Waals surface area (Å²) in [4.78, 5) is 12.7. The molecule has 4 heteroatoms. The quantitative estimate of drug-likeness (QED) is 0.825. The monoisotopic (exact) mass is 248 g/mol. The molecule has 1 atom stereocenters. The van der Waals surface area contributed by atoms with Gasteiger partial charge in [-0.1, -0.05) is 30.3 Å². The second-order valence-corrected chi connectivity index (χ2v) is 4.83. The van der Waals surface area contributed by atoms with Gasteiger partial charge in [-0.05, 0) is 24.9 Å². The maximum atomic E-state index is 10.7. The first kappa shape index (κ1) is 13.1. The summed E-state index contributed by atoms with van der Waals surface area (Å²) in [6, 6.07) is 10.7. The number of aliphatic carboxylic acids is 1. The number of carbonyl (C=O) groups is 1. The zero-order chi connectivity index (χ0) is 12.8. The van der Waals surface area contributed by atoms with Crippen LogP contribution in [0, 0.1) is 0 Å². The van der Waals surface area contributed by atoms with Gasteiger partial charge in [0.1, 0.15) is 0 Å². The van der Waals surface area contributed by atoms with Gasteiger partial charge in [0.15, 0.2) is 0 Å². The molecule has 1 fully saturated rings. The zero-order valence-electron chi connectivity index (χ0n) is 10.5. The third-order valence-electron chi connectivity index (χ3n) is 3.30. The molecule has 1 aromatic carbocycles. The van der Waals surface area contributed by atoms with Gasteiger partial charge in [-0.3, -0.25) is 9.69 Å². The van der Waals surface area contributed by atoms with Crippen LogP contribution in [0.25, 0.3) is 0 Å². The largest absolute Gasteiger partial charge is 0.480 e. The van der Waals surface area contributed by atoms with Crippen molar-refractivity contribution < 1.29 is 9.90 Å². The SMILES string of the molecule is O=C(O)CN1CCCC(NCc2ccccc2)C1. The third-order valence-corrected chi connectivity index (χ3v) is 3.30. The highest BCUT2D eigenvalue weighted by atomic mass is 16.4. The van der Waals surface area contributed by atoms with Crippen LogP contribution >= 0.6 is 0 Å². The summed E-state index contributed by atoms with van der Waals surface area (Å²) in [6.45, 7) is 2.74. The van der Waals surface area contributed by atoms with Crippen LogP contribution in [0.5, 0.6) is 0 Å². The molecular weight excluding hydrogens is 228 g/mol. The van der Waals surface area contributed by atoms with Crippen LogP contribution in [-0.4, -0.2) is 41.7 Å². The van der Waals surface area contributed by atoms with Gasteiger partial charge < -0.3 is 10.4 Å². The number of nitrogens with one attached hydrogen (secondary N) is 1. The van der Waals surface area contributed by atoms with Gasteiger partial charge >= 0.3 is 5.97 Å². The molecule has 0 spiro atoms. The maximum Gasteiger partial charge on any atom is 0.317 e. The molecule has 2 rings (SSSR count). The molecule has 1 saturated heterocycles. The molecule has 0 aliphatic carbocycles. The van der Waals surface area contributed by atoms with Gasteiger partial charge in [0.05, 0.1) is 6.54 Å². The van der Waals surface area contributed by atoms with Gasteiger partial charge in [0.2, 0.25) is 0 Å². The Morgan fingerprint density at radius 3 is 2.89 bits per heavy atom. The van der Waals surface area contributed by atoms with E-state index in [-0.39, 0.29) is 6.54 Å². The van der Waals surface area contributed by atoms with Crippen LogP contribution < -0.4 is 5.32 Å². The molecule has 1 unspecified atom stereocenters. The minimum absolute atomic E-state index is 0.156. The Hall–Kier alpha value is -1.39. The minimum atomic E-state index is -0.737. The molecule has 2 N–H and O–H groups in total. The summed E-state index contributed by atoms with van der Waals surface area (Å²) < 4.78 is 0. The zero-order valence-corrected chi connectivity index (χ0v) is 10.5. The van der Waals surface area contributed by atoms with Crippen LogP contribution in [0.2, 0.25) is 0 Å². The molecule has 1 aromatic rings. The number of likely N-dealkylation sites (tertiary alicyclic amines) is 1. The fourth-order valence-electron chi connectivity index (χ4n) is 2.42. The summed E-state index contributed by atoms with van der Waals surface area (Å²) in [6.07, 6.45) is 2.20. The Balaban J connectivity index is 1.77. The topological polar surface area (TPSA) is 52.6 Å². The van der Waals surface area contributed by atoms with E-state index in [4.69, 9.17) is 5.11 Å². The summed E-state index contributed by atoms with van der Waals surface area (Å²) >= 11 is 0. The second-order valence-electron chi connectivity index (χ2n) is 4.83. The first-order chi connectivity index (χ1) is 8.74. The van der Waals surface area contributed by atoms with E-state index in [9.17, 15) is 4.79 Å². The van der Waals surface area contributed by atoms with Crippen LogP contribution in [0.4, 0.5) is 0 Å². The highest BCUT2D eigenvalue weighted by molar-refractivity contribution is 5.69. The van der Waals surface area contributed by atoms with Crippen molar-refractivity contribution in [3.05, 3.63) is 35.9 Å². The molecule has 0 amide bonds. The molecule has 18 heavy (non-hydrogen) atoms. The van der Waals surface area contributed by atoms with Gasteiger partial charge in [-0.2, -0.15) is 0 Å². The summed E-state index contributed by atoms with van der Waals surface area (Å²) in [5.74, 6) is -0.737. The predicted molar refractivity (Wildman–Crippen MR) is 70.4 cm³/mol. The van der Waals surface area contributed by atoms with E-state index < -0.39 is 5.97 Å². The highest BCUT2D eigenvalue weighted by Crippen LogP contribution is 2.10. The van der Waals surface area contributed by atoms with Crippen molar-refractivity contribution >= 4 is 5.97 Å². The molecule has 0 aromatic heterocycles. The average molecular weight is 248 g/mol. The second kappa shape index (κ2) is 6.52. The summed E-state index contributed by atoms with van der Waals surface area (Å²) in [7, 11) is 0. The molecule has 0 bridgehead atoms.